The van der Waals surface area contributed by atoms with E-state index in [0.29, 0.717) is 17.1 Å². The van der Waals surface area contributed by atoms with E-state index in [-0.39, 0.29) is 0 Å². The number of nitrogens with zero attached hydrogens (tertiary/aromatic N) is 1. The van der Waals surface area contributed by atoms with Crippen molar-refractivity contribution >= 4 is 23.4 Å². The van der Waals surface area contributed by atoms with Gasteiger partial charge in [-0.25, -0.2) is 0 Å². The second-order valence-electron chi connectivity index (χ2n) is 8.10. The van der Waals surface area contributed by atoms with E-state index in [1.807, 2.05) is 12.1 Å². The third kappa shape index (κ3) is 5.55. The Bertz CT molecular complexity index is 1120. The van der Waals surface area contributed by atoms with Gasteiger partial charge in [0.1, 0.15) is 17.6 Å². The number of ether oxygens (including phenoxy) is 2. The van der Waals surface area contributed by atoms with Crippen LogP contribution in [0.5, 0.6) is 11.5 Å². The van der Waals surface area contributed by atoms with Crippen LogP contribution in [0.2, 0.25) is 0 Å². The largest absolute Gasteiger partial charge is 0.457 e. The summed E-state index contributed by atoms with van der Waals surface area (Å²) in [6.07, 6.45) is -5.44. The molecule has 0 heterocycles. The summed E-state index contributed by atoms with van der Waals surface area (Å²) in [5.41, 5.74) is -0.420. The minimum atomic E-state index is -5.11. The van der Waals surface area contributed by atoms with Crippen molar-refractivity contribution in [2.75, 3.05) is 0 Å². The zero-order chi connectivity index (χ0) is 24.4. The molecule has 5 nitrogen and oxygen atoms in total. The Morgan fingerprint density at radius 2 is 1.76 bits per heavy atom. The summed E-state index contributed by atoms with van der Waals surface area (Å²) >= 11 is 5.53. The molecule has 1 saturated carbocycles. The van der Waals surface area contributed by atoms with Gasteiger partial charge >= 0.3 is 12.1 Å². The Hall–Kier alpha value is -3.31. The Kier molecular flexibility index (Phi) is 6.84. The van der Waals surface area contributed by atoms with Gasteiger partial charge in [-0.2, -0.15) is 18.4 Å². The number of carbonyl (C=O) groups excluding carboxylic acids is 2. The van der Waals surface area contributed by atoms with Crippen molar-refractivity contribution in [2.45, 2.75) is 26.1 Å². The SMILES string of the molecule is CC1(C)C(/C=C(/Cl)C(=O)C(F)(F)F)C1C(=O)OC(C#N)c1cccc(Oc2ccccc2)c1. The first-order chi connectivity index (χ1) is 15.4. The summed E-state index contributed by atoms with van der Waals surface area (Å²) < 4.78 is 48.8. The molecule has 3 unspecified atom stereocenters. The number of ketones is 1. The fourth-order valence-corrected chi connectivity index (χ4v) is 3.77. The zero-order valence-electron chi connectivity index (χ0n) is 17.6. The number of nitriles is 1. The van der Waals surface area contributed by atoms with Crippen LogP contribution in [0.3, 0.4) is 0 Å². The molecule has 0 spiro atoms. The topological polar surface area (TPSA) is 76.4 Å². The molecule has 0 amide bonds. The molecule has 0 aliphatic heterocycles. The van der Waals surface area contributed by atoms with Crippen molar-refractivity contribution in [1.29, 1.82) is 5.26 Å². The van der Waals surface area contributed by atoms with Crippen molar-refractivity contribution in [2.24, 2.45) is 17.3 Å². The standard InChI is InChI=1S/C24H19ClF3NO4/c1-23(2)17(12-18(25)21(30)24(26,27)28)20(23)22(31)33-19(13-29)14-7-6-10-16(11-14)32-15-8-4-3-5-9-15/h3-12,17,19-20H,1-2H3/b18-12+. The van der Waals surface area contributed by atoms with Crippen LogP contribution in [-0.2, 0) is 14.3 Å². The fourth-order valence-electron chi connectivity index (χ4n) is 3.53. The van der Waals surface area contributed by atoms with Crippen LogP contribution in [-0.4, -0.2) is 17.9 Å². The van der Waals surface area contributed by atoms with Gasteiger partial charge in [-0.15, -0.1) is 0 Å². The number of allylic oxidation sites excluding steroid dienone is 2. The summed E-state index contributed by atoms with van der Waals surface area (Å²) in [4.78, 5) is 24.0. The van der Waals surface area contributed by atoms with Crippen LogP contribution in [0.1, 0.15) is 25.5 Å². The van der Waals surface area contributed by atoms with Crippen molar-refractivity contribution in [3.05, 3.63) is 71.3 Å². The second-order valence-corrected chi connectivity index (χ2v) is 8.51. The Balaban J connectivity index is 1.72. The van der Waals surface area contributed by atoms with E-state index < -0.39 is 46.3 Å². The van der Waals surface area contributed by atoms with Gasteiger partial charge in [0.25, 0.3) is 5.78 Å². The van der Waals surface area contributed by atoms with E-state index in [4.69, 9.17) is 21.1 Å². The summed E-state index contributed by atoms with van der Waals surface area (Å²) in [6, 6.07) is 17.3. The van der Waals surface area contributed by atoms with Gasteiger partial charge < -0.3 is 9.47 Å². The number of alkyl halides is 3. The number of hydrogen-bond acceptors (Lipinski definition) is 5. The predicted octanol–water partition coefficient (Wildman–Crippen LogP) is 6.11. The van der Waals surface area contributed by atoms with Crippen molar-refractivity contribution < 1.29 is 32.2 Å². The first kappa shape index (κ1) is 24.3. The minimum absolute atomic E-state index is 0.370. The van der Waals surface area contributed by atoms with Crippen LogP contribution >= 0.6 is 11.6 Å². The molecule has 0 saturated heterocycles. The Labute approximate surface area is 193 Å². The number of benzene rings is 2. The van der Waals surface area contributed by atoms with Gasteiger partial charge in [-0.1, -0.05) is 61.9 Å². The lowest BCUT2D eigenvalue weighted by Crippen LogP contribution is -2.22. The highest BCUT2D eigenvalue weighted by atomic mass is 35.5. The van der Waals surface area contributed by atoms with E-state index in [2.05, 4.69) is 0 Å². The minimum Gasteiger partial charge on any atom is -0.457 e. The smallest absolute Gasteiger partial charge is 0.455 e. The molecule has 1 fully saturated rings. The maximum Gasteiger partial charge on any atom is 0.455 e. The number of carbonyl (C=O) groups is 2. The molecule has 9 heteroatoms. The molecular weight excluding hydrogens is 459 g/mol. The molecule has 0 aromatic heterocycles. The van der Waals surface area contributed by atoms with Crippen molar-refractivity contribution in [3.8, 4) is 17.6 Å². The van der Waals surface area contributed by atoms with Crippen molar-refractivity contribution in [3.63, 3.8) is 0 Å². The number of para-hydroxylation sites is 1. The molecule has 33 heavy (non-hydrogen) atoms. The molecule has 0 bridgehead atoms. The van der Waals surface area contributed by atoms with Gasteiger partial charge in [-0.05, 0) is 35.6 Å². The van der Waals surface area contributed by atoms with Crippen molar-refractivity contribution in [1.82, 2.24) is 0 Å². The lowest BCUT2D eigenvalue weighted by Gasteiger charge is -2.13. The third-order valence-corrected chi connectivity index (χ3v) is 5.75. The lowest BCUT2D eigenvalue weighted by molar-refractivity contribution is -0.165. The molecule has 3 atom stereocenters. The maximum absolute atomic E-state index is 12.7. The molecule has 0 radical (unpaired) electrons. The highest BCUT2D eigenvalue weighted by Crippen LogP contribution is 2.60. The highest BCUT2D eigenvalue weighted by Gasteiger charge is 2.62. The number of halogens is 4. The first-order valence-electron chi connectivity index (χ1n) is 9.87. The lowest BCUT2D eigenvalue weighted by atomic mass is 10.1. The van der Waals surface area contributed by atoms with Crippen LogP contribution < -0.4 is 4.74 Å². The molecule has 1 aliphatic carbocycles. The van der Waals surface area contributed by atoms with Crippen LogP contribution in [0.4, 0.5) is 13.2 Å². The average molecular weight is 478 g/mol. The molecular formula is C24H19ClF3NO4. The van der Waals surface area contributed by atoms with Crippen LogP contribution in [0.25, 0.3) is 0 Å². The molecule has 3 rings (SSSR count). The molecule has 0 N–H and O–H groups in total. The number of hydrogen-bond donors (Lipinski definition) is 0. The van der Waals surface area contributed by atoms with E-state index in [0.717, 1.165) is 6.08 Å². The Morgan fingerprint density at radius 1 is 1.12 bits per heavy atom. The molecule has 2 aromatic carbocycles. The van der Waals surface area contributed by atoms with E-state index >= 15 is 0 Å². The summed E-state index contributed by atoms with van der Waals surface area (Å²) in [5.74, 6) is -3.53. The van der Waals surface area contributed by atoms with Gasteiger partial charge in [0.15, 0.2) is 0 Å². The fraction of sp³-hybridized carbons (Fsp3) is 0.292. The van der Waals surface area contributed by atoms with Gasteiger partial charge in [0.2, 0.25) is 6.10 Å². The highest BCUT2D eigenvalue weighted by molar-refractivity contribution is 6.43. The molecule has 172 valence electrons. The zero-order valence-corrected chi connectivity index (χ0v) is 18.4. The summed E-state index contributed by atoms with van der Waals surface area (Å²) in [6.45, 7) is 3.27. The summed E-state index contributed by atoms with van der Waals surface area (Å²) in [5, 5.41) is 8.54. The van der Waals surface area contributed by atoms with E-state index in [1.54, 1.807) is 62.4 Å². The third-order valence-electron chi connectivity index (χ3n) is 5.46. The Morgan fingerprint density at radius 3 is 2.36 bits per heavy atom. The van der Waals surface area contributed by atoms with E-state index in [9.17, 15) is 28.0 Å². The van der Waals surface area contributed by atoms with Gasteiger partial charge in [0.05, 0.1) is 11.0 Å². The number of Topliss-reactive ketones (excluding diaryl/α,β-unsaturated/α-hetero) is 1. The average Bonchev–Trinajstić information content (AvgIpc) is 3.31. The predicted molar refractivity (Wildman–Crippen MR) is 113 cm³/mol. The normalized spacial score (nSPS) is 20.3. The monoisotopic (exact) mass is 477 g/mol. The van der Waals surface area contributed by atoms with Gasteiger partial charge in [0, 0.05) is 5.56 Å². The van der Waals surface area contributed by atoms with Gasteiger partial charge in [-0.3, -0.25) is 9.59 Å². The quantitative estimate of drug-likeness (QED) is 0.355. The van der Waals surface area contributed by atoms with Crippen LogP contribution in [0, 0.1) is 28.6 Å². The van der Waals surface area contributed by atoms with E-state index in [1.165, 1.54) is 0 Å². The first-order valence-corrected chi connectivity index (χ1v) is 10.2. The number of rotatable bonds is 7. The summed E-state index contributed by atoms with van der Waals surface area (Å²) in [7, 11) is 0. The maximum atomic E-state index is 12.7. The van der Waals surface area contributed by atoms with Crippen LogP contribution in [0.15, 0.2) is 65.7 Å². The number of esters is 1. The second kappa shape index (κ2) is 9.28. The molecule has 2 aromatic rings. The molecule has 1 aliphatic rings.